The first kappa shape index (κ1) is 40.9. The van der Waals surface area contributed by atoms with Gasteiger partial charge in [0.25, 0.3) is 6.71 Å². The number of rotatable bonds is 5. The molecule has 0 amide bonds. The van der Waals surface area contributed by atoms with Crippen molar-refractivity contribution in [2.24, 2.45) is 0 Å². The van der Waals surface area contributed by atoms with Crippen LogP contribution in [0.5, 0.6) is 34.5 Å². The first-order valence-electron chi connectivity index (χ1n) is 21.8. The summed E-state index contributed by atoms with van der Waals surface area (Å²) >= 11 is 0. The van der Waals surface area contributed by atoms with Gasteiger partial charge in [0.2, 0.25) is 0 Å². The largest absolute Gasteiger partial charge is 2.00 e. The Morgan fingerprint density at radius 3 is 2.00 bits per heavy atom. The van der Waals surface area contributed by atoms with E-state index < -0.39 is 0 Å². The molecule has 9 heteroatoms. The Labute approximate surface area is 393 Å². The number of nitrogens with zero attached hydrogens (tertiary/aromatic N) is 4. The van der Waals surface area contributed by atoms with Crippen LogP contribution >= 0.6 is 0 Å². The van der Waals surface area contributed by atoms with E-state index in [9.17, 15) is 0 Å². The molecule has 0 fully saturated rings. The molecule has 0 unspecified atom stereocenters. The fourth-order valence-corrected chi connectivity index (χ4v) is 9.38. The molecule has 0 bridgehead atoms. The number of fused-ring (bicyclic) bond motifs is 8. The van der Waals surface area contributed by atoms with Gasteiger partial charge in [-0.3, -0.25) is 4.68 Å². The van der Waals surface area contributed by atoms with Crippen LogP contribution in [0.1, 0.15) is 52.7 Å². The molecule has 7 aromatic carbocycles. The summed E-state index contributed by atoms with van der Waals surface area (Å²) in [5.41, 5.74) is 11.1. The fraction of sp³-hybridized carbons (Fsp3) is 0.143. The molecule has 10 aromatic rings. The van der Waals surface area contributed by atoms with Crippen LogP contribution in [0.2, 0.25) is 0 Å². The number of hydrogen-bond donors (Lipinski definition) is 0. The van der Waals surface area contributed by atoms with Crippen LogP contribution in [0.3, 0.4) is 0 Å². The van der Waals surface area contributed by atoms with E-state index in [4.69, 9.17) is 24.3 Å². The average Bonchev–Trinajstić information content (AvgIpc) is 3.87. The number of hydrogen-bond acceptors (Lipinski definition) is 5. The molecule has 0 N–H and O–H groups in total. The first-order chi connectivity index (χ1) is 30.9. The quantitative estimate of drug-likeness (QED) is 0.127. The minimum absolute atomic E-state index is 0. The van der Waals surface area contributed by atoms with Gasteiger partial charge >= 0.3 is 21.1 Å². The summed E-state index contributed by atoms with van der Waals surface area (Å²) in [6, 6.07) is 55.7. The van der Waals surface area contributed by atoms with Gasteiger partial charge < -0.3 is 18.8 Å². The summed E-state index contributed by atoms with van der Waals surface area (Å²) in [5, 5.41) is 7.90. The smallest absolute Gasteiger partial charge is 0.509 e. The standard InChI is InChI=1S/C56H43BN4O3.Pt/c1-55(2,3)37-23-24-58-53(30-37)60-47-22-19-34(36-26-51-54-52(27-36)64-50-18-12-9-15-45(50)57(54)44-14-8-11-17-49(44)63-51)25-43(47)42-21-20-40(32-48(42)60)62-41-29-38(56(4,5)6)28-39(31-41)61-46-16-10-7-13-35(46)33-59-61;/h7-30,33H,1-6H3;/q-2;+2. The average molecular weight is 1030 g/mol. The Kier molecular flexibility index (Phi) is 9.49. The van der Waals surface area contributed by atoms with Gasteiger partial charge in [-0.05, 0) is 98.1 Å². The Balaban J connectivity index is 0.00000469. The number of aromatic nitrogens is 4. The van der Waals surface area contributed by atoms with Crippen molar-refractivity contribution in [1.29, 1.82) is 0 Å². The second-order valence-corrected chi connectivity index (χ2v) is 19.0. The van der Waals surface area contributed by atoms with Crippen LogP contribution < -0.4 is 30.6 Å². The summed E-state index contributed by atoms with van der Waals surface area (Å²) in [6.07, 6.45) is 3.79. The van der Waals surface area contributed by atoms with Gasteiger partial charge in [-0.2, -0.15) is 11.2 Å². The van der Waals surface area contributed by atoms with Crippen molar-refractivity contribution in [2.75, 3.05) is 0 Å². The molecule has 3 aromatic heterocycles. The first-order valence-corrected chi connectivity index (χ1v) is 21.8. The van der Waals surface area contributed by atoms with Crippen LogP contribution in [0.25, 0.3) is 55.3 Å². The van der Waals surface area contributed by atoms with E-state index in [0.717, 1.165) is 100 Å². The molecule has 12 rings (SSSR count). The molecule has 318 valence electrons. The van der Waals surface area contributed by atoms with Crippen LogP contribution in [-0.2, 0) is 31.9 Å². The number of benzene rings is 7. The molecule has 0 atom stereocenters. The van der Waals surface area contributed by atoms with Gasteiger partial charge in [0.05, 0.1) is 11.7 Å². The second kappa shape index (κ2) is 15.1. The molecule has 0 aliphatic carbocycles. The van der Waals surface area contributed by atoms with Gasteiger partial charge in [-0.1, -0.05) is 114 Å². The van der Waals surface area contributed by atoms with E-state index in [-0.39, 0.29) is 38.6 Å². The number of pyridine rings is 1. The Morgan fingerprint density at radius 1 is 0.585 bits per heavy atom. The van der Waals surface area contributed by atoms with Gasteiger partial charge in [-0.15, -0.1) is 41.3 Å². The molecule has 65 heavy (non-hydrogen) atoms. The third-order valence-corrected chi connectivity index (χ3v) is 12.7. The zero-order valence-corrected chi connectivity index (χ0v) is 39.1. The van der Waals surface area contributed by atoms with Gasteiger partial charge in [0, 0.05) is 34.1 Å². The van der Waals surface area contributed by atoms with Crippen molar-refractivity contribution in [2.45, 2.75) is 52.4 Å². The molecular formula is C56H43BN4O3Pt. The third-order valence-electron chi connectivity index (χ3n) is 12.7. The monoisotopic (exact) mass is 1030 g/mol. The number of ether oxygens (including phenoxy) is 3. The van der Waals surface area contributed by atoms with Crippen LogP contribution in [0.4, 0.5) is 0 Å². The molecular weight excluding hydrogens is 983 g/mol. The predicted molar refractivity (Wildman–Crippen MR) is 258 cm³/mol. The Morgan fingerprint density at radius 2 is 1.28 bits per heavy atom. The maximum atomic E-state index is 6.76. The summed E-state index contributed by atoms with van der Waals surface area (Å²) in [4.78, 5) is 4.97. The molecule has 2 aliphatic heterocycles. The zero-order chi connectivity index (χ0) is 43.5. The van der Waals surface area contributed by atoms with Crippen molar-refractivity contribution in [1.82, 2.24) is 19.3 Å². The Hall–Kier alpha value is -6.89. The van der Waals surface area contributed by atoms with Gasteiger partial charge in [0.1, 0.15) is 28.8 Å². The van der Waals surface area contributed by atoms with Crippen LogP contribution in [0, 0.1) is 12.1 Å². The SMILES string of the molecule is CC(C)(C)c1cc(Oc2[c-]c3c(cc2)c2cc(-c4cc5c6c(c4)Oc4ccccc4B6c4ccccc4O5)ccc2n3-c2cc(C(C)(C)C)ccn2)[c-]c(-n2ncc3ccccc32)c1.[Pt+2]. The van der Waals surface area contributed by atoms with Crippen LogP contribution in [0.15, 0.2) is 152 Å². The van der Waals surface area contributed by atoms with E-state index in [1.807, 2.05) is 47.4 Å². The third kappa shape index (κ3) is 6.85. The van der Waals surface area contributed by atoms with Crippen molar-refractivity contribution >= 4 is 55.8 Å². The fourth-order valence-electron chi connectivity index (χ4n) is 9.38. The topological polar surface area (TPSA) is 63.3 Å². The van der Waals surface area contributed by atoms with Crippen molar-refractivity contribution in [3.8, 4) is 57.1 Å². The predicted octanol–water partition coefficient (Wildman–Crippen LogP) is 11.9. The minimum atomic E-state index is -0.156. The normalized spacial score (nSPS) is 12.9. The summed E-state index contributed by atoms with van der Waals surface area (Å²) < 4.78 is 24.2. The van der Waals surface area contributed by atoms with E-state index >= 15 is 0 Å². The van der Waals surface area contributed by atoms with Gasteiger partial charge in [0.15, 0.2) is 0 Å². The maximum Gasteiger partial charge on any atom is 2.00 e. The molecule has 0 saturated heterocycles. The summed E-state index contributed by atoms with van der Waals surface area (Å²) in [5.74, 6) is 5.32. The van der Waals surface area contributed by atoms with E-state index in [2.05, 4.69) is 167 Å². The molecule has 0 radical (unpaired) electrons. The van der Waals surface area contributed by atoms with Gasteiger partial charge in [-0.25, -0.2) is 4.98 Å². The molecule has 0 spiro atoms. The molecule has 0 saturated carbocycles. The van der Waals surface area contributed by atoms with Crippen LogP contribution in [-0.4, -0.2) is 26.0 Å². The number of para-hydroxylation sites is 3. The van der Waals surface area contributed by atoms with Crippen molar-refractivity contribution < 1.29 is 35.3 Å². The summed E-state index contributed by atoms with van der Waals surface area (Å²) in [7, 11) is 0. The zero-order valence-electron chi connectivity index (χ0n) is 36.8. The molecule has 2 aliphatic rings. The van der Waals surface area contributed by atoms with E-state index in [0.29, 0.717) is 11.5 Å². The van der Waals surface area contributed by atoms with Crippen molar-refractivity contribution in [3.63, 3.8) is 0 Å². The maximum absolute atomic E-state index is 6.76. The minimum Gasteiger partial charge on any atom is -0.509 e. The second-order valence-electron chi connectivity index (χ2n) is 19.0. The summed E-state index contributed by atoms with van der Waals surface area (Å²) in [6.45, 7) is 13.3. The molecule has 7 nitrogen and oxygen atoms in total. The van der Waals surface area contributed by atoms with E-state index in [1.165, 1.54) is 5.56 Å². The van der Waals surface area contributed by atoms with Crippen molar-refractivity contribution in [3.05, 3.63) is 175 Å². The Bertz CT molecular complexity index is 3470. The molecule has 5 heterocycles. The van der Waals surface area contributed by atoms with E-state index in [1.54, 1.807) is 0 Å².